The number of ether oxygens (including phenoxy) is 1. The van der Waals surface area contributed by atoms with Gasteiger partial charge in [0.25, 0.3) is 0 Å². The average Bonchev–Trinajstić information content (AvgIpc) is 2.14. The molecular weight excluding hydrogens is 166 g/mol. The molecule has 0 aromatic heterocycles. The Morgan fingerprint density at radius 3 is 2.69 bits per heavy atom. The molecule has 0 bridgehead atoms. The zero-order valence-corrected chi connectivity index (χ0v) is 7.20. The summed E-state index contributed by atoms with van der Waals surface area (Å²) in [6.07, 6.45) is 2.35. The fourth-order valence-corrected chi connectivity index (χ4v) is 0.687. The van der Waals surface area contributed by atoms with Crippen LogP contribution in [0.15, 0.2) is 30.3 Å². The maximum absolute atomic E-state index is 10.4. The SMILES string of the molecule is CC(=O)NC#COc1ccccc1. The van der Waals surface area contributed by atoms with E-state index in [0.29, 0.717) is 5.75 Å². The number of rotatable bonds is 1. The van der Waals surface area contributed by atoms with Crippen molar-refractivity contribution in [3.63, 3.8) is 0 Å². The van der Waals surface area contributed by atoms with E-state index < -0.39 is 0 Å². The van der Waals surface area contributed by atoms with Crippen molar-refractivity contribution in [2.24, 2.45) is 0 Å². The van der Waals surface area contributed by atoms with Crippen LogP contribution in [0.2, 0.25) is 0 Å². The van der Waals surface area contributed by atoms with Crippen molar-refractivity contribution >= 4 is 5.91 Å². The molecule has 0 fully saturated rings. The van der Waals surface area contributed by atoms with E-state index in [2.05, 4.69) is 17.5 Å². The van der Waals surface area contributed by atoms with Crippen molar-refractivity contribution in [2.75, 3.05) is 0 Å². The molecule has 0 saturated carbocycles. The lowest BCUT2D eigenvalue weighted by Crippen LogP contribution is -2.12. The molecule has 0 aliphatic carbocycles. The van der Waals surface area contributed by atoms with Gasteiger partial charge in [0.05, 0.1) is 6.04 Å². The predicted molar refractivity (Wildman–Crippen MR) is 48.7 cm³/mol. The summed E-state index contributed by atoms with van der Waals surface area (Å²) < 4.78 is 4.98. The highest BCUT2D eigenvalue weighted by Crippen LogP contribution is 2.06. The van der Waals surface area contributed by atoms with Crippen LogP contribution >= 0.6 is 0 Å². The van der Waals surface area contributed by atoms with E-state index in [1.165, 1.54) is 6.92 Å². The van der Waals surface area contributed by atoms with Crippen molar-refractivity contribution in [3.8, 4) is 17.9 Å². The molecule has 1 amide bonds. The number of nitrogens with one attached hydrogen (secondary N) is 1. The summed E-state index contributed by atoms with van der Waals surface area (Å²) in [6.45, 7) is 1.39. The second-order valence-electron chi connectivity index (χ2n) is 2.32. The predicted octanol–water partition coefficient (Wildman–Crippen LogP) is 1.12. The van der Waals surface area contributed by atoms with Crippen molar-refractivity contribution in [2.45, 2.75) is 6.92 Å². The fraction of sp³-hybridized carbons (Fsp3) is 0.100. The summed E-state index contributed by atoms with van der Waals surface area (Å²) >= 11 is 0. The normalized spacial score (nSPS) is 8.08. The molecule has 0 aliphatic rings. The molecule has 1 rings (SSSR count). The summed E-state index contributed by atoms with van der Waals surface area (Å²) in [5.41, 5.74) is 0. The van der Waals surface area contributed by atoms with E-state index in [-0.39, 0.29) is 5.91 Å². The summed E-state index contributed by atoms with van der Waals surface area (Å²) in [6, 6.07) is 11.5. The lowest BCUT2D eigenvalue weighted by Gasteiger charge is -1.93. The number of carbonyl (C=O) groups is 1. The molecule has 0 spiro atoms. The van der Waals surface area contributed by atoms with Gasteiger partial charge in [0, 0.05) is 6.92 Å². The highest BCUT2D eigenvalue weighted by atomic mass is 16.5. The average molecular weight is 175 g/mol. The Labute approximate surface area is 76.7 Å². The Balaban J connectivity index is 2.42. The van der Waals surface area contributed by atoms with Crippen LogP contribution in [0.1, 0.15) is 6.92 Å². The van der Waals surface area contributed by atoms with Gasteiger partial charge in [-0.1, -0.05) is 18.2 Å². The van der Waals surface area contributed by atoms with Crippen molar-refractivity contribution in [1.82, 2.24) is 5.32 Å². The lowest BCUT2D eigenvalue weighted by molar-refractivity contribution is -0.117. The molecule has 3 heteroatoms. The molecule has 0 aliphatic heterocycles. The van der Waals surface area contributed by atoms with Gasteiger partial charge < -0.3 is 4.74 Å². The minimum absolute atomic E-state index is 0.204. The first-order valence-corrected chi connectivity index (χ1v) is 3.77. The summed E-state index contributed by atoms with van der Waals surface area (Å²) in [7, 11) is 0. The van der Waals surface area contributed by atoms with E-state index in [1.807, 2.05) is 18.2 Å². The molecule has 0 heterocycles. The van der Waals surface area contributed by atoms with Gasteiger partial charge in [0.2, 0.25) is 5.91 Å². The standard InChI is InChI=1S/C10H9NO2/c1-9(12)11-7-8-13-10-5-3-2-4-6-10/h2-6H,1H3,(H,11,12). The Hall–Kier alpha value is -1.95. The van der Waals surface area contributed by atoms with Gasteiger partial charge in [-0.05, 0) is 12.1 Å². The van der Waals surface area contributed by atoms with Crippen LogP contribution in [0.25, 0.3) is 0 Å². The summed E-state index contributed by atoms with van der Waals surface area (Å²) in [5.74, 6) is 0.449. The highest BCUT2D eigenvalue weighted by Gasteiger charge is 1.85. The van der Waals surface area contributed by atoms with Crippen LogP contribution in [-0.2, 0) is 4.79 Å². The Kier molecular flexibility index (Phi) is 3.40. The van der Waals surface area contributed by atoms with Gasteiger partial charge in [-0.2, -0.15) is 0 Å². The van der Waals surface area contributed by atoms with E-state index in [4.69, 9.17) is 4.74 Å². The monoisotopic (exact) mass is 175 g/mol. The van der Waals surface area contributed by atoms with Crippen LogP contribution in [0, 0.1) is 12.2 Å². The molecule has 0 atom stereocenters. The van der Waals surface area contributed by atoms with Crippen LogP contribution in [-0.4, -0.2) is 5.91 Å². The van der Waals surface area contributed by atoms with E-state index in [1.54, 1.807) is 12.1 Å². The van der Waals surface area contributed by atoms with Crippen molar-refractivity contribution in [1.29, 1.82) is 0 Å². The summed E-state index contributed by atoms with van der Waals surface area (Å²) in [4.78, 5) is 10.4. The van der Waals surface area contributed by atoms with Crippen LogP contribution in [0.3, 0.4) is 0 Å². The zero-order chi connectivity index (χ0) is 9.52. The van der Waals surface area contributed by atoms with E-state index >= 15 is 0 Å². The van der Waals surface area contributed by atoms with Gasteiger partial charge in [-0.15, -0.1) is 0 Å². The van der Waals surface area contributed by atoms with Gasteiger partial charge in [0.15, 0.2) is 0 Å². The van der Waals surface area contributed by atoms with Crippen molar-refractivity contribution < 1.29 is 9.53 Å². The lowest BCUT2D eigenvalue weighted by atomic mass is 10.3. The second kappa shape index (κ2) is 4.83. The van der Waals surface area contributed by atoms with E-state index in [0.717, 1.165) is 0 Å². The molecule has 13 heavy (non-hydrogen) atoms. The third-order valence-corrected chi connectivity index (χ3v) is 1.20. The molecular formula is C10H9NO2. The van der Waals surface area contributed by atoms with Gasteiger partial charge in [-0.3, -0.25) is 10.1 Å². The molecule has 0 saturated heterocycles. The smallest absolute Gasteiger partial charge is 0.228 e. The molecule has 0 unspecified atom stereocenters. The minimum Gasteiger partial charge on any atom is -0.406 e. The number of hydrogen-bond acceptors (Lipinski definition) is 2. The quantitative estimate of drug-likeness (QED) is 0.513. The minimum atomic E-state index is -0.204. The van der Waals surface area contributed by atoms with E-state index in [9.17, 15) is 4.79 Å². The molecule has 1 aromatic carbocycles. The first kappa shape index (κ1) is 9.14. The molecule has 3 nitrogen and oxygen atoms in total. The molecule has 0 radical (unpaired) electrons. The number of carbonyl (C=O) groups excluding carboxylic acids is 1. The maximum atomic E-state index is 10.4. The van der Waals surface area contributed by atoms with Crippen LogP contribution < -0.4 is 10.1 Å². The van der Waals surface area contributed by atoms with Gasteiger partial charge in [-0.25, -0.2) is 0 Å². The van der Waals surface area contributed by atoms with Crippen molar-refractivity contribution in [3.05, 3.63) is 30.3 Å². The van der Waals surface area contributed by atoms with Gasteiger partial charge >= 0.3 is 0 Å². The fourth-order valence-electron chi connectivity index (χ4n) is 0.687. The van der Waals surface area contributed by atoms with Crippen LogP contribution in [0.4, 0.5) is 0 Å². The van der Waals surface area contributed by atoms with Crippen LogP contribution in [0.5, 0.6) is 5.75 Å². The maximum Gasteiger partial charge on any atom is 0.228 e. The molecule has 66 valence electrons. The highest BCUT2D eigenvalue weighted by molar-refractivity contribution is 5.74. The largest absolute Gasteiger partial charge is 0.406 e. The first-order chi connectivity index (χ1) is 6.29. The third kappa shape index (κ3) is 3.82. The van der Waals surface area contributed by atoms with Gasteiger partial charge in [0.1, 0.15) is 11.9 Å². The second-order valence-corrected chi connectivity index (χ2v) is 2.32. The Bertz CT molecular complexity index is 335. The number of hydrogen-bond donors (Lipinski definition) is 1. The Morgan fingerprint density at radius 1 is 1.38 bits per heavy atom. The zero-order valence-electron chi connectivity index (χ0n) is 7.20. The number of benzene rings is 1. The summed E-state index contributed by atoms with van der Waals surface area (Å²) in [5, 5.41) is 2.29. The first-order valence-electron chi connectivity index (χ1n) is 3.77. The number of para-hydroxylation sites is 1. The third-order valence-electron chi connectivity index (χ3n) is 1.20. The molecule has 1 N–H and O–H groups in total. The number of amides is 1. The topological polar surface area (TPSA) is 38.3 Å². The molecule has 1 aromatic rings. The Morgan fingerprint density at radius 2 is 2.08 bits per heavy atom.